The van der Waals surface area contributed by atoms with E-state index in [1.165, 1.54) is 0 Å². The number of nitrogens with two attached hydrogens (primary N) is 1. The Morgan fingerprint density at radius 3 is 2.69 bits per heavy atom. The summed E-state index contributed by atoms with van der Waals surface area (Å²) in [4.78, 5) is 16.7. The Bertz CT molecular complexity index is 772. The van der Waals surface area contributed by atoms with Gasteiger partial charge in [-0.15, -0.1) is 0 Å². The number of pyridine rings is 1. The highest BCUT2D eigenvalue weighted by Gasteiger charge is 2.19. The first-order valence-corrected chi connectivity index (χ1v) is 8.61. The zero-order valence-corrected chi connectivity index (χ0v) is 15.4. The molecule has 1 amide bonds. The first-order chi connectivity index (χ1) is 12.2. The summed E-state index contributed by atoms with van der Waals surface area (Å²) in [5.41, 5.74) is 7.13. The number of carbonyl (C=O) groups excluding carboxylic acids is 1. The fourth-order valence-corrected chi connectivity index (χ4v) is 2.66. The number of rotatable bonds is 6. The van der Waals surface area contributed by atoms with Crippen molar-refractivity contribution in [3.05, 3.63) is 65.0 Å². The molecule has 1 aromatic carbocycles. The third-order valence-corrected chi connectivity index (χ3v) is 3.87. The number of hydrogen-bond donors (Lipinski definition) is 2. The van der Waals surface area contributed by atoms with Gasteiger partial charge in [0.2, 0.25) is 0 Å². The molecule has 0 saturated heterocycles. The molecule has 6 heteroatoms. The van der Waals surface area contributed by atoms with E-state index in [-0.39, 0.29) is 29.5 Å². The second kappa shape index (κ2) is 8.36. The summed E-state index contributed by atoms with van der Waals surface area (Å²) in [6, 6.07) is 6.41. The lowest BCUT2D eigenvalue weighted by molar-refractivity contribution is 0.0918. The number of nitrogens with one attached hydrogen (secondary N) is 1. The lowest BCUT2D eigenvalue weighted by Crippen LogP contribution is -2.41. The number of amides is 1. The number of halogens is 2. The van der Waals surface area contributed by atoms with Gasteiger partial charge in [0, 0.05) is 17.8 Å². The maximum absolute atomic E-state index is 13.7. The maximum Gasteiger partial charge on any atom is 0.253 e. The van der Waals surface area contributed by atoms with Gasteiger partial charge in [0.1, 0.15) is 11.6 Å². The molecule has 26 heavy (non-hydrogen) atoms. The van der Waals surface area contributed by atoms with Gasteiger partial charge in [-0.05, 0) is 75.9 Å². The first-order valence-electron chi connectivity index (χ1n) is 8.61. The van der Waals surface area contributed by atoms with E-state index in [2.05, 4.69) is 10.3 Å². The molecule has 3 N–H and O–H groups in total. The minimum atomic E-state index is -0.487. The second-order valence-corrected chi connectivity index (χ2v) is 7.44. The van der Waals surface area contributed by atoms with Crippen molar-refractivity contribution in [2.75, 3.05) is 0 Å². The van der Waals surface area contributed by atoms with Crippen molar-refractivity contribution in [2.45, 2.75) is 51.6 Å². The molecule has 1 unspecified atom stereocenters. The Morgan fingerprint density at radius 2 is 2.00 bits per heavy atom. The van der Waals surface area contributed by atoms with Crippen molar-refractivity contribution < 1.29 is 13.6 Å². The van der Waals surface area contributed by atoms with Crippen molar-refractivity contribution in [1.82, 2.24) is 10.3 Å². The zero-order chi connectivity index (χ0) is 19.3. The third-order valence-electron chi connectivity index (χ3n) is 3.87. The number of hydrogen-bond acceptors (Lipinski definition) is 3. The molecule has 4 nitrogen and oxygen atoms in total. The lowest BCUT2D eigenvalue weighted by atomic mass is 9.99. The van der Waals surface area contributed by atoms with Crippen LogP contribution in [0.15, 0.2) is 36.5 Å². The fraction of sp³-hybridized carbons (Fsp3) is 0.400. The normalized spacial score (nSPS) is 12.7. The van der Waals surface area contributed by atoms with E-state index in [0.717, 1.165) is 18.2 Å². The summed E-state index contributed by atoms with van der Waals surface area (Å²) >= 11 is 0. The molecule has 0 aliphatic carbocycles. The Kier molecular flexibility index (Phi) is 6.42. The topological polar surface area (TPSA) is 68.0 Å². The average molecular weight is 361 g/mol. The van der Waals surface area contributed by atoms with Crippen molar-refractivity contribution >= 4 is 5.91 Å². The molecular weight excluding hydrogens is 336 g/mol. The highest BCUT2D eigenvalue weighted by atomic mass is 19.1. The molecule has 0 bridgehead atoms. The minimum absolute atomic E-state index is 0.189. The van der Waals surface area contributed by atoms with Crippen molar-refractivity contribution in [1.29, 1.82) is 0 Å². The molecule has 2 aromatic rings. The molecule has 0 aliphatic rings. The second-order valence-electron chi connectivity index (χ2n) is 7.44. The van der Waals surface area contributed by atoms with E-state index in [0.29, 0.717) is 24.1 Å². The number of aromatic nitrogens is 1. The summed E-state index contributed by atoms with van der Waals surface area (Å²) in [6.07, 6.45) is 2.83. The van der Waals surface area contributed by atoms with Crippen LogP contribution >= 0.6 is 0 Å². The van der Waals surface area contributed by atoms with E-state index in [1.807, 2.05) is 20.8 Å². The predicted octanol–water partition coefficient (Wildman–Crippen LogP) is 3.39. The van der Waals surface area contributed by atoms with E-state index in [4.69, 9.17) is 5.73 Å². The lowest BCUT2D eigenvalue weighted by Gasteiger charge is -2.21. The largest absolute Gasteiger partial charge is 0.347 e. The first kappa shape index (κ1) is 20.0. The van der Waals surface area contributed by atoms with E-state index in [9.17, 15) is 13.6 Å². The summed E-state index contributed by atoms with van der Waals surface area (Å²) < 4.78 is 27.0. The van der Waals surface area contributed by atoms with Crippen LogP contribution in [0.1, 0.15) is 48.8 Å². The highest BCUT2D eigenvalue weighted by Crippen LogP contribution is 2.15. The van der Waals surface area contributed by atoms with Gasteiger partial charge in [0.05, 0.1) is 11.3 Å². The van der Waals surface area contributed by atoms with Gasteiger partial charge in [0.15, 0.2) is 0 Å². The Hall–Kier alpha value is -2.34. The van der Waals surface area contributed by atoms with Crippen molar-refractivity contribution in [3.8, 4) is 0 Å². The monoisotopic (exact) mass is 361 g/mol. The molecule has 0 fully saturated rings. The van der Waals surface area contributed by atoms with Gasteiger partial charge in [-0.1, -0.05) is 0 Å². The van der Waals surface area contributed by atoms with Gasteiger partial charge >= 0.3 is 0 Å². The highest BCUT2D eigenvalue weighted by molar-refractivity contribution is 5.95. The van der Waals surface area contributed by atoms with Crippen LogP contribution in [0.2, 0.25) is 0 Å². The summed E-state index contributed by atoms with van der Waals surface area (Å²) in [7, 11) is 0. The van der Waals surface area contributed by atoms with Crippen LogP contribution in [0, 0.1) is 11.6 Å². The minimum Gasteiger partial charge on any atom is -0.347 e. The van der Waals surface area contributed by atoms with Gasteiger partial charge in [-0.3, -0.25) is 9.78 Å². The number of aryl methyl sites for hydroxylation is 1. The predicted molar refractivity (Wildman–Crippen MR) is 97.8 cm³/mol. The van der Waals surface area contributed by atoms with Crippen LogP contribution in [0.25, 0.3) is 0 Å². The van der Waals surface area contributed by atoms with Gasteiger partial charge in [-0.2, -0.15) is 0 Å². The number of benzene rings is 1. The molecule has 0 aliphatic heterocycles. The Morgan fingerprint density at radius 1 is 1.27 bits per heavy atom. The fourth-order valence-electron chi connectivity index (χ4n) is 2.66. The van der Waals surface area contributed by atoms with E-state index >= 15 is 0 Å². The third kappa shape index (κ3) is 5.88. The molecule has 0 spiro atoms. The van der Waals surface area contributed by atoms with Gasteiger partial charge < -0.3 is 11.1 Å². The standard InChI is InChI=1S/C20H25F2N3O/c1-20(2,3)25-19(26)16-5-4-10-24-18(16)9-7-15(23)12-13-11-14(21)6-8-17(13)22/h4-6,8,10-11,15H,7,9,12,23H2,1-3H3,(H,25,26). The molecule has 0 saturated carbocycles. The molecule has 0 radical (unpaired) electrons. The summed E-state index contributed by atoms with van der Waals surface area (Å²) in [6.45, 7) is 5.72. The van der Waals surface area contributed by atoms with E-state index < -0.39 is 11.6 Å². The van der Waals surface area contributed by atoms with Crippen LogP contribution in [-0.4, -0.2) is 22.5 Å². The molecule has 1 heterocycles. The van der Waals surface area contributed by atoms with Crippen LogP contribution in [0.4, 0.5) is 8.78 Å². The van der Waals surface area contributed by atoms with Crippen molar-refractivity contribution in [2.24, 2.45) is 5.73 Å². The Labute approximate surface area is 152 Å². The zero-order valence-electron chi connectivity index (χ0n) is 15.4. The number of carbonyl (C=O) groups is 1. The van der Waals surface area contributed by atoms with Crippen LogP contribution in [0.3, 0.4) is 0 Å². The van der Waals surface area contributed by atoms with Crippen LogP contribution in [-0.2, 0) is 12.8 Å². The molecule has 1 aromatic heterocycles. The number of nitrogens with zero attached hydrogens (tertiary/aromatic N) is 1. The van der Waals surface area contributed by atoms with Gasteiger partial charge in [0.25, 0.3) is 5.91 Å². The molecule has 140 valence electrons. The van der Waals surface area contributed by atoms with Crippen molar-refractivity contribution in [3.63, 3.8) is 0 Å². The molecule has 2 rings (SSSR count). The van der Waals surface area contributed by atoms with Crippen LogP contribution in [0.5, 0.6) is 0 Å². The SMILES string of the molecule is CC(C)(C)NC(=O)c1cccnc1CCC(N)Cc1cc(F)ccc1F. The average Bonchev–Trinajstić information content (AvgIpc) is 2.55. The summed E-state index contributed by atoms with van der Waals surface area (Å²) in [5, 5.41) is 2.92. The quantitative estimate of drug-likeness (QED) is 0.829. The Balaban J connectivity index is 2.03. The molecule has 1 atom stereocenters. The van der Waals surface area contributed by atoms with Crippen LogP contribution < -0.4 is 11.1 Å². The molecular formula is C20H25F2N3O. The van der Waals surface area contributed by atoms with Gasteiger partial charge in [-0.25, -0.2) is 8.78 Å². The summed E-state index contributed by atoms with van der Waals surface area (Å²) in [5.74, 6) is -1.14. The van der Waals surface area contributed by atoms with E-state index in [1.54, 1.807) is 18.3 Å². The maximum atomic E-state index is 13.7. The smallest absolute Gasteiger partial charge is 0.253 e.